The van der Waals surface area contributed by atoms with E-state index in [2.05, 4.69) is 17.6 Å². The molecule has 1 fully saturated rings. The van der Waals surface area contributed by atoms with E-state index >= 15 is 0 Å². The van der Waals surface area contributed by atoms with Crippen LogP contribution in [0.4, 0.5) is 21.0 Å². The van der Waals surface area contributed by atoms with Crippen molar-refractivity contribution in [3.63, 3.8) is 0 Å². The average Bonchev–Trinajstić information content (AvgIpc) is 2.49. The molecule has 1 saturated heterocycles. The van der Waals surface area contributed by atoms with Crippen molar-refractivity contribution in [1.29, 1.82) is 0 Å². The Kier molecular flexibility index (Phi) is 5.63. The Hall–Kier alpha value is -2.24. The van der Waals surface area contributed by atoms with Crippen molar-refractivity contribution in [1.82, 2.24) is 4.90 Å². The van der Waals surface area contributed by atoms with Crippen LogP contribution in [0.5, 0.6) is 0 Å². The Morgan fingerprint density at radius 3 is 2.45 bits per heavy atom. The van der Waals surface area contributed by atoms with Gasteiger partial charge in [-0.3, -0.25) is 5.32 Å². The summed E-state index contributed by atoms with van der Waals surface area (Å²) in [5.41, 5.74) is 1.33. The monoisotopic (exact) mass is 305 g/mol. The first-order valence-electron chi connectivity index (χ1n) is 7.68. The van der Waals surface area contributed by atoms with Crippen LogP contribution in [0.1, 0.15) is 26.7 Å². The van der Waals surface area contributed by atoms with Crippen LogP contribution in [0, 0.1) is 5.92 Å². The Morgan fingerprint density at radius 1 is 1.23 bits per heavy atom. The molecule has 0 spiro atoms. The van der Waals surface area contributed by atoms with Gasteiger partial charge in [-0.05, 0) is 49.9 Å². The fourth-order valence-corrected chi connectivity index (χ4v) is 2.50. The lowest BCUT2D eigenvalue weighted by atomic mass is 10.0. The number of rotatable bonds is 3. The van der Waals surface area contributed by atoms with Gasteiger partial charge >= 0.3 is 12.1 Å². The number of hydrogen-bond donors (Lipinski definition) is 2. The number of urea groups is 1. The third-order valence-electron chi connectivity index (χ3n) is 3.60. The number of ether oxygens (including phenoxy) is 1. The molecule has 0 aliphatic carbocycles. The second kappa shape index (κ2) is 7.68. The molecule has 2 rings (SSSR count). The van der Waals surface area contributed by atoms with Crippen LogP contribution in [0.2, 0.25) is 0 Å². The van der Waals surface area contributed by atoms with Crippen molar-refractivity contribution in [3.05, 3.63) is 24.3 Å². The van der Waals surface area contributed by atoms with Gasteiger partial charge in [0, 0.05) is 24.5 Å². The number of carbonyl (C=O) groups is 2. The first-order chi connectivity index (χ1) is 10.6. The van der Waals surface area contributed by atoms with E-state index in [4.69, 9.17) is 4.74 Å². The van der Waals surface area contributed by atoms with Crippen molar-refractivity contribution in [2.45, 2.75) is 26.7 Å². The molecule has 0 radical (unpaired) electrons. The number of carbonyl (C=O) groups excluding carboxylic acids is 2. The molecule has 1 aliphatic rings. The SMILES string of the molecule is CCOC(=O)Nc1ccc(NC(=O)N2CCCC(C)C2)cc1. The summed E-state index contributed by atoms with van der Waals surface area (Å²) >= 11 is 0. The molecule has 6 heteroatoms. The van der Waals surface area contributed by atoms with Gasteiger partial charge in [0.1, 0.15) is 0 Å². The second-order valence-electron chi connectivity index (χ2n) is 5.55. The highest BCUT2D eigenvalue weighted by Crippen LogP contribution is 2.18. The summed E-state index contributed by atoms with van der Waals surface area (Å²) in [5, 5.41) is 5.49. The Labute approximate surface area is 130 Å². The summed E-state index contributed by atoms with van der Waals surface area (Å²) in [4.78, 5) is 25.3. The Balaban J connectivity index is 1.87. The molecule has 1 heterocycles. The summed E-state index contributed by atoms with van der Waals surface area (Å²) in [6.07, 6.45) is 1.75. The van der Waals surface area contributed by atoms with E-state index < -0.39 is 6.09 Å². The molecule has 1 unspecified atom stereocenters. The summed E-state index contributed by atoms with van der Waals surface area (Å²) in [6.45, 7) is 5.84. The fraction of sp³-hybridized carbons (Fsp3) is 0.500. The van der Waals surface area contributed by atoms with Crippen molar-refractivity contribution in [2.75, 3.05) is 30.3 Å². The minimum atomic E-state index is -0.485. The van der Waals surface area contributed by atoms with Crippen LogP contribution in [0.15, 0.2) is 24.3 Å². The summed E-state index contributed by atoms with van der Waals surface area (Å²) < 4.78 is 4.80. The van der Waals surface area contributed by atoms with Crippen molar-refractivity contribution < 1.29 is 14.3 Å². The molecule has 1 aromatic rings. The normalized spacial score (nSPS) is 17.7. The molecule has 3 amide bonds. The molecule has 22 heavy (non-hydrogen) atoms. The molecule has 1 aromatic carbocycles. The fourth-order valence-electron chi connectivity index (χ4n) is 2.50. The predicted molar refractivity (Wildman–Crippen MR) is 86.1 cm³/mol. The number of anilines is 2. The summed E-state index contributed by atoms with van der Waals surface area (Å²) in [5.74, 6) is 0.552. The van der Waals surface area contributed by atoms with Crippen molar-refractivity contribution in [3.8, 4) is 0 Å². The van der Waals surface area contributed by atoms with Crippen LogP contribution >= 0.6 is 0 Å². The van der Waals surface area contributed by atoms with Gasteiger partial charge in [-0.2, -0.15) is 0 Å². The molecule has 0 saturated carbocycles. The molecule has 120 valence electrons. The van der Waals surface area contributed by atoms with E-state index in [0.717, 1.165) is 19.5 Å². The minimum Gasteiger partial charge on any atom is -0.450 e. The van der Waals surface area contributed by atoms with Gasteiger partial charge in [0.15, 0.2) is 0 Å². The minimum absolute atomic E-state index is 0.0716. The van der Waals surface area contributed by atoms with E-state index in [-0.39, 0.29) is 6.03 Å². The topological polar surface area (TPSA) is 70.7 Å². The lowest BCUT2D eigenvalue weighted by Gasteiger charge is -2.30. The molecule has 2 N–H and O–H groups in total. The quantitative estimate of drug-likeness (QED) is 0.897. The van der Waals surface area contributed by atoms with Gasteiger partial charge in [-0.25, -0.2) is 9.59 Å². The molecule has 0 aromatic heterocycles. The number of piperidine rings is 1. The third-order valence-corrected chi connectivity index (χ3v) is 3.60. The third kappa shape index (κ3) is 4.65. The first-order valence-corrected chi connectivity index (χ1v) is 7.68. The van der Waals surface area contributed by atoms with Crippen LogP contribution in [0.25, 0.3) is 0 Å². The maximum absolute atomic E-state index is 12.2. The maximum Gasteiger partial charge on any atom is 0.411 e. The van der Waals surface area contributed by atoms with Gasteiger partial charge in [0.2, 0.25) is 0 Å². The smallest absolute Gasteiger partial charge is 0.411 e. The lowest BCUT2D eigenvalue weighted by Crippen LogP contribution is -2.41. The zero-order chi connectivity index (χ0) is 15.9. The highest BCUT2D eigenvalue weighted by Gasteiger charge is 2.20. The van der Waals surface area contributed by atoms with E-state index in [0.29, 0.717) is 23.9 Å². The average molecular weight is 305 g/mol. The molecule has 1 atom stereocenters. The van der Waals surface area contributed by atoms with Crippen LogP contribution < -0.4 is 10.6 Å². The lowest BCUT2D eigenvalue weighted by molar-refractivity contribution is 0.168. The van der Waals surface area contributed by atoms with Crippen LogP contribution in [-0.2, 0) is 4.74 Å². The number of nitrogens with zero attached hydrogens (tertiary/aromatic N) is 1. The standard InChI is InChI=1S/C16H23N3O3/c1-3-22-16(21)18-14-8-6-13(7-9-14)17-15(20)19-10-4-5-12(2)11-19/h6-9,12H,3-5,10-11H2,1-2H3,(H,17,20)(H,18,21). The molecule has 0 bridgehead atoms. The van der Waals surface area contributed by atoms with E-state index in [1.807, 2.05) is 4.90 Å². The highest BCUT2D eigenvalue weighted by molar-refractivity contribution is 5.90. The van der Waals surface area contributed by atoms with Gasteiger partial charge < -0.3 is 15.0 Å². The van der Waals surface area contributed by atoms with Crippen molar-refractivity contribution in [2.24, 2.45) is 5.92 Å². The predicted octanol–water partition coefficient (Wildman–Crippen LogP) is 3.52. The van der Waals surface area contributed by atoms with Gasteiger partial charge in [-0.1, -0.05) is 6.92 Å². The number of likely N-dealkylation sites (tertiary alicyclic amines) is 1. The Bertz CT molecular complexity index is 516. The largest absolute Gasteiger partial charge is 0.450 e. The molecular formula is C16H23N3O3. The second-order valence-corrected chi connectivity index (χ2v) is 5.55. The van der Waals surface area contributed by atoms with Gasteiger partial charge in [0.05, 0.1) is 6.61 Å². The zero-order valence-corrected chi connectivity index (χ0v) is 13.1. The van der Waals surface area contributed by atoms with E-state index in [1.165, 1.54) is 6.42 Å². The highest BCUT2D eigenvalue weighted by atomic mass is 16.5. The number of benzene rings is 1. The van der Waals surface area contributed by atoms with E-state index in [1.54, 1.807) is 31.2 Å². The van der Waals surface area contributed by atoms with Gasteiger partial charge in [-0.15, -0.1) is 0 Å². The molecule has 1 aliphatic heterocycles. The number of nitrogens with one attached hydrogen (secondary N) is 2. The van der Waals surface area contributed by atoms with Crippen molar-refractivity contribution >= 4 is 23.5 Å². The summed E-state index contributed by atoms with van der Waals surface area (Å²) in [7, 11) is 0. The van der Waals surface area contributed by atoms with Gasteiger partial charge in [0.25, 0.3) is 0 Å². The van der Waals surface area contributed by atoms with Crippen LogP contribution in [0.3, 0.4) is 0 Å². The van der Waals surface area contributed by atoms with Crippen LogP contribution in [-0.4, -0.2) is 36.7 Å². The molecular weight excluding hydrogens is 282 g/mol. The maximum atomic E-state index is 12.2. The number of hydrogen-bond acceptors (Lipinski definition) is 3. The first kappa shape index (κ1) is 16.1. The molecule has 6 nitrogen and oxygen atoms in total. The van der Waals surface area contributed by atoms with E-state index in [9.17, 15) is 9.59 Å². The summed E-state index contributed by atoms with van der Waals surface area (Å²) in [6, 6.07) is 6.90. The zero-order valence-electron chi connectivity index (χ0n) is 13.1. The number of amides is 3. The Morgan fingerprint density at radius 2 is 1.86 bits per heavy atom.